The number of benzene rings is 2. The number of aryl methyl sites for hydroxylation is 1. The molecule has 1 N–H and O–H groups in total. The Morgan fingerprint density at radius 3 is 2.50 bits per heavy atom. The molecule has 1 amide bonds. The summed E-state index contributed by atoms with van der Waals surface area (Å²) in [5.41, 5.74) is 2.62. The first-order valence-electron chi connectivity index (χ1n) is 12.0. The molecule has 2 fully saturated rings. The molecular formula is C27H37ClN2O4. The summed E-state index contributed by atoms with van der Waals surface area (Å²) < 4.78 is 12.2. The second-order valence-electron chi connectivity index (χ2n) is 9.70. The first-order chi connectivity index (χ1) is 15.9. The van der Waals surface area contributed by atoms with Gasteiger partial charge in [-0.2, -0.15) is 0 Å². The van der Waals surface area contributed by atoms with E-state index in [-0.39, 0.29) is 42.7 Å². The van der Waals surface area contributed by atoms with E-state index < -0.39 is 0 Å². The number of carbonyl (C=O) groups is 1. The summed E-state index contributed by atoms with van der Waals surface area (Å²) in [4.78, 5) is 17.5. The summed E-state index contributed by atoms with van der Waals surface area (Å²) in [7, 11) is 0. The minimum atomic E-state index is -0.317. The van der Waals surface area contributed by atoms with Crippen LogP contribution >= 0.6 is 12.4 Å². The molecule has 0 aliphatic carbocycles. The van der Waals surface area contributed by atoms with Crippen molar-refractivity contribution in [1.29, 1.82) is 0 Å². The Hall–Kier alpha value is -2.12. The van der Waals surface area contributed by atoms with Gasteiger partial charge >= 0.3 is 0 Å². The summed E-state index contributed by atoms with van der Waals surface area (Å²) in [6.07, 6.45) is 1.45. The lowest BCUT2D eigenvalue weighted by molar-refractivity contribution is -0.184. The standard InChI is InChI=1S/C27H36N2O4.ClH/c1-20(2)32-25-10-9-23(15-21(25)3)26(31)29-13-11-27(12-14-29)19-28(17-24(18-30)33-27)16-22-7-5-4-6-8-22;/h4-10,15,20,24,30H,11-14,16-19H2,1-3H3;1H. The van der Waals surface area contributed by atoms with E-state index in [2.05, 4.69) is 29.2 Å². The summed E-state index contributed by atoms with van der Waals surface area (Å²) in [6, 6.07) is 16.1. The number of rotatable bonds is 6. The summed E-state index contributed by atoms with van der Waals surface area (Å²) in [5.74, 6) is 0.878. The Balaban J connectivity index is 0.00000324. The van der Waals surface area contributed by atoms with E-state index in [0.29, 0.717) is 18.7 Å². The van der Waals surface area contributed by atoms with Crippen LogP contribution in [0.1, 0.15) is 48.2 Å². The van der Waals surface area contributed by atoms with Gasteiger partial charge in [0.2, 0.25) is 0 Å². The quantitative estimate of drug-likeness (QED) is 0.664. The lowest BCUT2D eigenvalue weighted by Crippen LogP contribution is -2.60. The Morgan fingerprint density at radius 1 is 1.18 bits per heavy atom. The zero-order chi connectivity index (χ0) is 23.4. The highest BCUT2D eigenvalue weighted by molar-refractivity contribution is 5.94. The minimum Gasteiger partial charge on any atom is -0.491 e. The molecular weight excluding hydrogens is 452 g/mol. The molecule has 2 aromatic carbocycles. The average molecular weight is 489 g/mol. The number of morpholine rings is 1. The molecule has 7 heteroatoms. The van der Waals surface area contributed by atoms with Crippen LogP contribution in [0, 0.1) is 6.92 Å². The number of hydrogen-bond acceptors (Lipinski definition) is 5. The van der Waals surface area contributed by atoms with Crippen LogP contribution in [0.2, 0.25) is 0 Å². The van der Waals surface area contributed by atoms with Crippen LogP contribution in [0.5, 0.6) is 5.75 Å². The van der Waals surface area contributed by atoms with Crippen LogP contribution in [0.3, 0.4) is 0 Å². The fourth-order valence-electron chi connectivity index (χ4n) is 4.99. The molecule has 2 aromatic rings. The Kier molecular flexibility index (Phi) is 8.99. The van der Waals surface area contributed by atoms with Gasteiger partial charge in [-0.05, 0) is 62.9 Å². The van der Waals surface area contributed by atoms with Crippen molar-refractivity contribution in [3.63, 3.8) is 0 Å². The maximum atomic E-state index is 13.2. The highest BCUT2D eigenvalue weighted by atomic mass is 35.5. The number of likely N-dealkylation sites (tertiary alicyclic amines) is 1. The number of aliphatic hydroxyl groups excluding tert-OH is 1. The number of ether oxygens (including phenoxy) is 2. The number of halogens is 1. The van der Waals surface area contributed by atoms with Gasteiger partial charge in [0.05, 0.1) is 24.4 Å². The molecule has 2 aliphatic rings. The van der Waals surface area contributed by atoms with Crippen LogP contribution in [-0.4, -0.2) is 71.4 Å². The van der Waals surface area contributed by atoms with Crippen LogP contribution < -0.4 is 4.74 Å². The smallest absolute Gasteiger partial charge is 0.253 e. The van der Waals surface area contributed by atoms with Crippen LogP contribution in [0.4, 0.5) is 0 Å². The molecule has 0 bridgehead atoms. The second-order valence-corrected chi connectivity index (χ2v) is 9.70. The molecule has 1 unspecified atom stereocenters. The van der Waals surface area contributed by atoms with Crippen molar-refractivity contribution in [1.82, 2.24) is 9.80 Å². The minimum absolute atomic E-state index is 0. The third-order valence-electron chi connectivity index (χ3n) is 6.59. The number of amides is 1. The molecule has 1 spiro atoms. The SMILES string of the molecule is Cc1cc(C(=O)N2CCC3(CC2)CN(Cc2ccccc2)CC(CO)O3)ccc1OC(C)C.Cl. The van der Waals surface area contributed by atoms with Gasteiger partial charge < -0.3 is 19.5 Å². The fourth-order valence-corrected chi connectivity index (χ4v) is 4.99. The van der Waals surface area contributed by atoms with E-state index in [1.165, 1.54) is 5.56 Å². The average Bonchev–Trinajstić information content (AvgIpc) is 2.80. The zero-order valence-corrected chi connectivity index (χ0v) is 21.2. The number of aliphatic hydroxyl groups is 1. The summed E-state index contributed by atoms with van der Waals surface area (Å²) in [5, 5.41) is 9.85. The van der Waals surface area contributed by atoms with E-state index in [9.17, 15) is 9.90 Å². The molecule has 1 atom stereocenters. The maximum Gasteiger partial charge on any atom is 0.253 e. The van der Waals surface area contributed by atoms with Gasteiger partial charge in [-0.3, -0.25) is 9.69 Å². The van der Waals surface area contributed by atoms with Gasteiger partial charge in [-0.15, -0.1) is 12.4 Å². The molecule has 0 aromatic heterocycles. The van der Waals surface area contributed by atoms with Crippen LogP contribution in [-0.2, 0) is 11.3 Å². The number of hydrogen-bond donors (Lipinski definition) is 1. The van der Waals surface area contributed by atoms with E-state index >= 15 is 0 Å². The van der Waals surface area contributed by atoms with Gasteiger partial charge in [0.25, 0.3) is 5.91 Å². The molecule has 2 aliphatic heterocycles. The number of carbonyl (C=O) groups excluding carboxylic acids is 1. The Morgan fingerprint density at radius 2 is 1.88 bits per heavy atom. The van der Waals surface area contributed by atoms with Crippen molar-refractivity contribution >= 4 is 18.3 Å². The van der Waals surface area contributed by atoms with E-state index in [1.54, 1.807) is 0 Å². The van der Waals surface area contributed by atoms with Crippen LogP contribution in [0.15, 0.2) is 48.5 Å². The fraction of sp³-hybridized carbons (Fsp3) is 0.519. The van der Waals surface area contributed by atoms with E-state index in [4.69, 9.17) is 9.47 Å². The Bertz CT molecular complexity index is 945. The van der Waals surface area contributed by atoms with Crippen molar-refractivity contribution in [2.75, 3.05) is 32.8 Å². The first kappa shape index (κ1) is 26.5. The lowest BCUT2D eigenvalue weighted by Gasteiger charge is -2.49. The molecule has 0 radical (unpaired) electrons. The highest BCUT2D eigenvalue weighted by Crippen LogP contribution is 2.34. The largest absolute Gasteiger partial charge is 0.491 e. The molecule has 4 rings (SSSR count). The third-order valence-corrected chi connectivity index (χ3v) is 6.59. The summed E-state index contributed by atoms with van der Waals surface area (Å²) in [6.45, 7) is 9.68. The van der Waals surface area contributed by atoms with Crippen molar-refractivity contribution in [2.24, 2.45) is 0 Å². The van der Waals surface area contributed by atoms with Gasteiger partial charge in [-0.25, -0.2) is 0 Å². The van der Waals surface area contributed by atoms with Gasteiger partial charge in [0.1, 0.15) is 5.75 Å². The molecule has 2 heterocycles. The van der Waals surface area contributed by atoms with Gasteiger partial charge in [-0.1, -0.05) is 30.3 Å². The Labute approximate surface area is 209 Å². The van der Waals surface area contributed by atoms with Crippen molar-refractivity contribution < 1.29 is 19.4 Å². The summed E-state index contributed by atoms with van der Waals surface area (Å²) >= 11 is 0. The normalized spacial score (nSPS) is 20.3. The zero-order valence-electron chi connectivity index (χ0n) is 20.4. The monoisotopic (exact) mass is 488 g/mol. The first-order valence-corrected chi connectivity index (χ1v) is 12.0. The van der Waals surface area contributed by atoms with Crippen molar-refractivity contribution in [2.45, 2.75) is 58.0 Å². The lowest BCUT2D eigenvalue weighted by atomic mass is 9.88. The topological polar surface area (TPSA) is 62.2 Å². The number of piperidine rings is 1. The molecule has 34 heavy (non-hydrogen) atoms. The van der Waals surface area contributed by atoms with E-state index in [1.807, 2.05) is 49.9 Å². The van der Waals surface area contributed by atoms with Gasteiger partial charge in [0, 0.05) is 38.3 Å². The third kappa shape index (κ3) is 6.30. The molecule has 6 nitrogen and oxygen atoms in total. The van der Waals surface area contributed by atoms with Crippen molar-refractivity contribution in [3.8, 4) is 5.75 Å². The predicted octanol–water partition coefficient (Wildman–Crippen LogP) is 4.07. The van der Waals surface area contributed by atoms with E-state index in [0.717, 1.165) is 43.8 Å². The van der Waals surface area contributed by atoms with Crippen molar-refractivity contribution in [3.05, 3.63) is 65.2 Å². The van der Waals surface area contributed by atoms with Crippen LogP contribution in [0.25, 0.3) is 0 Å². The number of nitrogens with zero attached hydrogens (tertiary/aromatic N) is 2. The molecule has 0 saturated carbocycles. The molecule has 186 valence electrons. The van der Waals surface area contributed by atoms with Gasteiger partial charge in [0.15, 0.2) is 0 Å². The second kappa shape index (κ2) is 11.5. The maximum absolute atomic E-state index is 13.2. The molecule has 2 saturated heterocycles. The highest BCUT2D eigenvalue weighted by Gasteiger charge is 2.43. The predicted molar refractivity (Wildman–Crippen MR) is 136 cm³/mol.